The van der Waals surface area contributed by atoms with Crippen LogP contribution >= 0.6 is 0 Å². The van der Waals surface area contributed by atoms with Crippen LogP contribution in [0.3, 0.4) is 0 Å². The summed E-state index contributed by atoms with van der Waals surface area (Å²) >= 11 is 0. The number of amides is 1. The zero-order valence-corrected chi connectivity index (χ0v) is 9.32. The van der Waals surface area contributed by atoms with Gasteiger partial charge in [0.25, 0.3) is 0 Å². The summed E-state index contributed by atoms with van der Waals surface area (Å²) in [4.78, 5) is 22.5. The second kappa shape index (κ2) is 7.36. The molecule has 0 heterocycles. The standard InChI is InChI=1S/C12H16N2O2/c1-4-6-10(9(3)15)11(7-5-2)14-12(16)8-13/h4-7H,1-2,8,13H2,3H3,(H,14,16)/b10-6-,11-7+. The van der Waals surface area contributed by atoms with Crippen molar-refractivity contribution in [2.75, 3.05) is 6.54 Å². The van der Waals surface area contributed by atoms with Gasteiger partial charge in [-0.25, -0.2) is 0 Å². The molecular weight excluding hydrogens is 204 g/mol. The van der Waals surface area contributed by atoms with Gasteiger partial charge in [0.2, 0.25) is 5.91 Å². The van der Waals surface area contributed by atoms with Gasteiger partial charge in [-0.05, 0) is 19.1 Å². The van der Waals surface area contributed by atoms with Crippen molar-refractivity contribution in [2.45, 2.75) is 6.92 Å². The largest absolute Gasteiger partial charge is 0.324 e. The van der Waals surface area contributed by atoms with Gasteiger partial charge in [0.15, 0.2) is 5.78 Å². The lowest BCUT2D eigenvalue weighted by molar-refractivity contribution is -0.119. The van der Waals surface area contributed by atoms with E-state index in [1.54, 1.807) is 0 Å². The van der Waals surface area contributed by atoms with Gasteiger partial charge in [-0.3, -0.25) is 9.59 Å². The van der Waals surface area contributed by atoms with Crippen LogP contribution < -0.4 is 11.1 Å². The first-order valence-corrected chi connectivity index (χ1v) is 4.73. The number of rotatable bonds is 6. The van der Waals surface area contributed by atoms with E-state index in [0.29, 0.717) is 11.3 Å². The van der Waals surface area contributed by atoms with E-state index in [1.165, 1.54) is 31.2 Å². The Morgan fingerprint density at radius 1 is 1.25 bits per heavy atom. The zero-order chi connectivity index (χ0) is 12.6. The van der Waals surface area contributed by atoms with Crippen LogP contribution in [0.4, 0.5) is 0 Å². The molecule has 0 aliphatic carbocycles. The molecule has 86 valence electrons. The van der Waals surface area contributed by atoms with Gasteiger partial charge in [-0.2, -0.15) is 0 Å². The van der Waals surface area contributed by atoms with Crippen LogP contribution in [0, 0.1) is 0 Å². The molecule has 0 aromatic heterocycles. The van der Waals surface area contributed by atoms with E-state index in [9.17, 15) is 9.59 Å². The van der Waals surface area contributed by atoms with Crippen LogP contribution in [0.25, 0.3) is 0 Å². The molecule has 3 N–H and O–H groups in total. The number of allylic oxidation sites excluding steroid dienone is 5. The predicted octanol–water partition coefficient (Wildman–Crippen LogP) is 0.833. The van der Waals surface area contributed by atoms with Crippen molar-refractivity contribution in [3.8, 4) is 0 Å². The highest BCUT2D eigenvalue weighted by Crippen LogP contribution is 2.08. The van der Waals surface area contributed by atoms with Gasteiger partial charge >= 0.3 is 0 Å². The minimum atomic E-state index is -0.371. The zero-order valence-electron chi connectivity index (χ0n) is 9.32. The Bertz CT molecular complexity index is 365. The molecule has 0 bridgehead atoms. The van der Waals surface area contributed by atoms with E-state index in [1.807, 2.05) is 0 Å². The molecular formula is C12H16N2O2. The van der Waals surface area contributed by atoms with Gasteiger partial charge in [-0.1, -0.05) is 25.3 Å². The molecule has 0 atom stereocenters. The smallest absolute Gasteiger partial charge is 0.238 e. The molecule has 0 aromatic carbocycles. The number of carbonyl (C=O) groups excluding carboxylic acids is 2. The van der Waals surface area contributed by atoms with Crippen LogP contribution in [0.2, 0.25) is 0 Å². The molecule has 16 heavy (non-hydrogen) atoms. The van der Waals surface area contributed by atoms with Crippen molar-refractivity contribution in [1.82, 2.24) is 5.32 Å². The molecule has 0 aliphatic rings. The summed E-state index contributed by atoms with van der Waals surface area (Å²) in [5.74, 6) is -0.547. The molecule has 0 spiro atoms. The Hall–Kier alpha value is -1.94. The summed E-state index contributed by atoms with van der Waals surface area (Å²) in [7, 11) is 0. The van der Waals surface area contributed by atoms with Crippen molar-refractivity contribution < 1.29 is 9.59 Å². The van der Waals surface area contributed by atoms with Gasteiger partial charge in [-0.15, -0.1) is 0 Å². The molecule has 0 fully saturated rings. The topological polar surface area (TPSA) is 72.2 Å². The highest BCUT2D eigenvalue weighted by Gasteiger charge is 2.11. The number of nitrogens with one attached hydrogen (secondary N) is 1. The summed E-state index contributed by atoms with van der Waals surface area (Å²) in [5.41, 5.74) is 5.91. The average molecular weight is 220 g/mol. The summed E-state index contributed by atoms with van der Waals surface area (Å²) < 4.78 is 0. The van der Waals surface area contributed by atoms with Gasteiger partial charge in [0.05, 0.1) is 12.2 Å². The van der Waals surface area contributed by atoms with Crippen LogP contribution in [0.5, 0.6) is 0 Å². The number of hydrogen-bond donors (Lipinski definition) is 2. The van der Waals surface area contributed by atoms with E-state index >= 15 is 0 Å². The molecule has 4 heteroatoms. The maximum absolute atomic E-state index is 11.3. The monoisotopic (exact) mass is 220 g/mol. The maximum Gasteiger partial charge on any atom is 0.238 e. The third kappa shape index (κ3) is 4.52. The quantitative estimate of drug-likeness (QED) is 0.514. The highest BCUT2D eigenvalue weighted by atomic mass is 16.2. The van der Waals surface area contributed by atoms with Crippen molar-refractivity contribution in [3.05, 3.63) is 48.7 Å². The molecule has 0 rings (SSSR count). The van der Waals surface area contributed by atoms with Crippen LogP contribution in [0.15, 0.2) is 48.7 Å². The number of hydrogen-bond acceptors (Lipinski definition) is 3. The van der Waals surface area contributed by atoms with Crippen molar-refractivity contribution in [2.24, 2.45) is 5.73 Å². The minimum absolute atomic E-state index is 0.145. The van der Waals surface area contributed by atoms with E-state index in [-0.39, 0.29) is 18.2 Å². The summed E-state index contributed by atoms with van der Waals surface area (Å²) in [6.45, 7) is 8.28. The molecule has 0 unspecified atom stereocenters. The second-order valence-electron chi connectivity index (χ2n) is 2.94. The number of nitrogens with two attached hydrogens (primary N) is 1. The van der Waals surface area contributed by atoms with Gasteiger partial charge in [0.1, 0.15) is 0 Å². The number of carbonyl (C=O) groups is 2. The fourth-order valence-electron chi connectivity index (χ4n) is 1.03. The normalized spacial score (nSPS) is 11.9. The number of Topliss-reactive ketones (excluding diaryl/α,β-unsaturated/α-hetero) is 1. The third-order valence-corrected chi connectivity index (χ3v) is 1.70. The highest BCUT2D eigenvalue weighted by molar-refractivity contribution is 5.99. The van der Waals surface area contributed by atoms with Crippen LogP contribution in [-0.4, -0.2) is 18.2 Å². The Kier molecular flexibility index (Phi) is 6.47. The Morgan fingerprint density at radius 2 is 1.81 bits per heavy atom. The maximum atomic E-state index is 11.3. The fourth-order valence-corrected chi connectivity index (χ4v) is 1.03. The summed E-state index contributed by atoms with van der Waals surface area (Å²) in [5, 5.41) is 2.52. The van der Waals surface area contributed by atoms with Crippen LogP contribution in [0.1, 0.15) is 6.92 Å². The second-order valence-corrected chi connectivity index (χ2v) is 2.94. The lowest BCUT2D eigenvalue weighted by atomic mass is 10.1. The lowest BCUT2D eigenvalue weighted by Crippen LogP contribution is -2.31. The molecule has 0 saturated carbocycles. The summed E-state index contributed by atoms with van der Waals surface area (Å²) in [6, 6.07) is 0. The van der Waals surface area contributed by atoms with E-state index < -0.39 is 0 Å². The first-order chi connectivity index (χ1) is 7.56. The molecule has 0 aliphatic heterocycles. The van der Waals surface area contributed by atoms with Gasteiger partial charge in [0, 0.05) is 5.57 Å². The average Bonchev–Trinajstić information content (AvgIpc) is 2.24. The lowest BCUT2D eigenvalue weighted by Gasteiger charge is -2.09. The van der Waals surface area contributed by atoms with E-state index in [0.717, 1.165) is 0 Å². The van der Waals surface area contributed by atoms with Crippen molar-refractivity contribution in [3.63, 3.8) is 0 Å². The van der Waals surface area contributed by atoms with Crippen LogP contribution in [-0.2, 0) is 9.59 Å². The predicted molar refractivity (Wildman–Crippen MR) is 64.4 cm³/mol. The Labute approximate surface area is 95.2 Å². The first kappa shape index (κ1) is 14.1. The summed E-state index contributed by atoms with van der Waals surface area (Å²) in [6.07, 6.45) is 6.01. The number of ketones is 1. The van der Waals surface area contributed by atoms with Crippen molar-refractivity contribution in [1.29, 1.82) is 0 Å². The molecule has 0 aromatic rings. The van der Waals surface area contributed by atoms with E-state index in [2.05, 4.69) is 18.5 Å². The first-order valence-electron chi connectivity index (χ1n) is 4.73. The Morgan fingerprint density at radius 3 is 2.19 bits per heavy atom. The Balaban J connectivity index is 5.17. The minimum Gasteiger partial charge on any atom is -0.324 e. The SMILES string of the molecule is C=C/C=C(NC(=O)CN)\C(=C/C=C)C(C)=O. The molecule has 1 amide bonds. The molecule has 0 saturated heterocycles. The fraction of sp³-hybridized carbons (Fsp3) is 0.167. The van der Waals surface area contributed by atoms with Crippen molar-refractivity contribution >= 4 is 11.7 Å². The van der Waals surface area contributed by atoms with Gasteiger partial charge < -0.3 is 11.1 Å². The van der Waals surface area contributed by atoms with E-state index in [4.69, 9.17) is 5.73 Å². The molecule has 4 nitrogen and oxygen atoms in total. The molecule has 0 radical (unpaired) electrons. The third-order valence-electron chi connectivity index (χ3n) is 1.70.